The molecule has 0 N–H and O–H groups in total. The van der Waals surface area contributed by atoms with Crippen LogP contribution >= 0.6 is 11.5 Å². The first kappa shape index (κ1) is 22.8. The monoisotopic (exact) mass is 468 g/mol. The second-order valence-corrected chi connectivity index (χ2v) is 11.8. The van der Waals surface area contributed by atoms with Crippen molar-refractivity contribution in [2.24, 2.45) is 17.3 Å². The van der Waals surface area contributed by atoms with E-state index in [4.69, 9.17) is 4.37 Å². The van der Waals surface area contributed by atoms with E-state index in [0.29, 0.717) is 31.2 Å². The number of piperidine rings is 1. The van der Waals surface area contributed by atoms with Crippen molar-refractivity contribution in [1.82, 2.24) is 14.2 Å². The normalized spacial score (nSPS) is 26.8. The van der Waals surface area contributed by atoms with Crippen molar-refractivity contribution in [3.8, 4) is 0 Å². The van der Waals surface area contributed by atoms with Crippen LogP contribution in [-0.4, -0.2) is 65.3 Å². The minimum absolute atomic E-state index is 0.0321. The maximum Gasteiger partial charge on any atom is 0.229 e. The molecule has 0 spiro atoms. The molecule has 3 heterocycles. The van der Waals surface area contributed by atoms with Crippen molar-refractivity contribution in [2.45, 2.75) is 52.4 Å². The summed E-state index contributed by atoms with van der Waals surface area (Å²) in [4.78, 5) is 32.1. The number of rotatable bonds is 5. The Balaban J connectivity index is 1.18. The Labute approximate surface area is 201 Å². The lowest BCUT2D eigenvalue weighted by Gasteiger charge is -2.42. The third kappa shape index (κ3) is 4.94. The molecule has 5 rings (SSSR count). The molecule has 2 atom stereocenters. The van der Waals surface area contributed by atoms with E-state index in [-0.39, 0.29) is 17.2 Å². The Morgan fingerprint density at radius 3 is 2.27 bits per heavy atom. The van der Waals surface area contributed by atoms with Gasteiger partial charge in [-0.15, -0.1) is 0 Å². The summed E-state index contributed by atoms with van der Waals surface area (Å²) >= 11 is 1.59. The summed E-state index contributed by atoms with van der Waals surface area (Å²) in [6, 6.07) is 8.50. The molecule has 3 aliphatic rings. The van der Waals surface area contributed by atoms with E-state index in [1.807, 2.05) is 13.8 Å². The summed E-state index contributed by atoms with van der Waals surface area (Å²) in [6.45, 7) is 9.86. The van der Waals surface area contributed by atoms with Crippen molar-refractivity contribution in [3.63, 3.8) is 0 Å². The molecule has 178 valence electrons. The average Bonchev–Trinajstić information content (AvgIpc) is 3.21. The van der Waals surface area contributed by atoms with Crippen LogP contribution in [0.3, 0.4) is 0 Å². The molecule has 2 unspecified atom stereocenters. The van der Waals surface area contributed by atoms with Gasteiger partial charge in [0.05, 0.1) is 4.70 Å². The fraction of sp³-hybridized carbons (Fsp3) is 0.654. The van der Waals surface area contributed by atoms with E-state index < -0.39 is 0 Å². The van der Waals surface area contributed by atoms with Crippen LogP contribution in [0.2, 0.25) is 0 Å². The van der Waals surface area contributed by atoms with E-state index in [2.05, 4.69) is 34.1 Å². The van der Waals surface area contributed by atoms with Gasteiger partial charge in [-0.3, -0.25) is 19.4 Å². The predicted molar refractivity (Wildman–Crippen MR) is 133 cm³/mol. The van der Waals surface area contributed by atoms with Gasteiger partial charge < -0.3 is 4.90 Å². The number of benzene rings is 1. The molecule has 7 heteroatoms. The van der Waals surface area contributed by atoms with Crippen LogP contribution in [0.25, 0.3) is 10.1 Å². The molecule has 1 aliphatic carbocycles. The highest BCUT2D eigenvalue weighted by molar-refractivity contribution is 7.13. The van der Waals surface area contributed by atoms with Gasteiger partial charge in [-0.25, -0.2) is 0 Å². The molecule has 1 saturated carbocycles. The van der Waals surface area contributed by atoms with E-state index in [1.54, 1.807) is 16.4 Å². The zero-order chi connectivity index (χ0) is 23.0. The third-order valence-corrected chi connectivity index (χ3v) is 8.69. The van der Waals surface area contributed by atoms with Crippen LogP contribution in [0.5, 0.6) is 0 Å². The summed E-state index contributed by atoms with van der Waals surface area (Å²) < 4.78 is 6.00. The number of amides is 2. The first-order valence-electron chi connectivity index (χ1n) is 12.5. The topological polar surface area (TPSA) is 56.8 Å². The number of anilines is 1. The third-order valence-electron chi connectivity index (χ3n) is 7.87. The number of fused-ring (bicyclic) bond motifs is 1. The molecule has 3 fully saturated rings. The standard InChI is InChI=1S/C26H36N4O2S/c1-26(2)15-23(31)30(24(32)16-26)18-20-8-4-3-7-19(20)17-28-11-13-29(14-12-28)25-21-9-5-6-10-22(21)33-27-25/h5-6,9-10,19-20H,3-4,7-8,11-18H2,1-2H3. The van der Waals surface area contributed by atoms with E-state index >= 15 is 0 Å². The highest BCUT2D eigenvalue weighted by atomic mass is 32.1. The summed E-state index contributed by atoms with van der Waals surface area (Å²) in [5, 5.41) is 1.27. The SMILES string of the molecule is CC1(C)CC(=O)N(CC2CCCCC2CN2CCN(c3nsc4ccccc34)CC2)C(=O)C1. The van der Waals surface area contributed by atoms with Crippen molar-refractivity contribution >= 4 is 39.3 Å². The van der Waals surface area contributed by atoms with Gasteiger partial charge >= 0.3 is 0 Å². The number of hydrogen-bond donors (Lipinski definition) is 0. The first-order chi connectivity index (χ1) is 15.9. The van der Waals surface area contributed by atoms with Gasteiger partial charge in [0.25, 0.3) is 0 Å². The van der Waals surface area contributed by atoms with Gasteiger partial charge in [0, 0.05) is 57.5 Å². The summed E-state index contributed by atoms with van der Waals surface area (Å²) in [5.41, 5.74) is -0.195. The van der Waals surface area contributed by atoms with E-state index in [1.165, 1.54) is 29.3 Å². The molecule has 2 aliphatic heterocycles. The van der Waals surface area contributed by atoms with Crippen molar-refractivity contribution < 1.29 is 9.59 Å². The summed E-state index contributed by atoms with van der Waals surface area (Å²) in [7, 11) is 0. The molecule has 0 radical (unpaired) electrons. The Morgan fingerprint density at radius 1 is 0.939 bits per heavy atom. The molecule has 2 aromatic rings. The Morgan fingerprint density at radius 2 is 1.58 bits per heavy atom. The number of likely N-dealkylation sites (tertiary alicyclic amines) is 1. The van der Waals surface area contributed by atoms with Gasteiger partial charge in [-0.2, -0.15) is 4.37 Å². The lowest BCUT2D eigenvalue weighted by Crippen LogP contribution is -2.51. The predicted octanol–water partition coefficient (Wildman–Crippen LogP) is 4.40. The Kier molecular flexibility index (Phi) is 6.45. The highest BCUT2D eigenvalue weighted by Gasteiger charge is 2.40. The molecule has 2 amide bonds. The maximum absolute atomic E-state index is 12.7. The zero-order valence-electron chi connectivity index (χ0n) is 20.0. The molecule has 2 saturated heterocycles. The smallest absolute Gasteiger partial charge is 0.229 e. The highest BCUT2D eigenvalue weighted by Crippen LogP contribution is 2.36. The number of nitrogens with zero attached hydrogens (tertiary/aromatic N) is 4. The van der Waals surface area contributed by atoms with Crippen LogP contribution < -0.4 is 4.90 Å². The van der Waals surface area contributed by atoms with Gasteiger partial charge in [0.2, 0.25) is 11.8 Å². The molecule has 1 aromatic carbocycles. The fourth-order valence-corrected chi connectivity index (χ4v) is 6.78. The van der Waals surface area contributed by atoms with E-state index in [0.717, 1.165) is 45.0 Å². The number of imide groups is 1. The molecule has 1 aromatic heterocycles. The summed E-state index contributed by atoms with van der Waals surface area (Å²) in [5.74, 6) is 2.21. The fourth-order valence-electron chi connectivity index (χ4n) is 5.99. The van der Waals surface area contributed by atoms with Gasteiger partial charge in [0.1, 0.15) is 5.82 Å². The number of hydrogen-bond acceptors (Lipinski definition) is 6. The largest absolute Gasteiger partial charge is 0.353 e. The van der Waals surface area contributed by atoms with Crippen molar-refractivity contribution in [3.05, 3.63) is 24.3 Å². The van der Waals surface area contributed by atoms with Crippen molar-refractivity contribution in [2.75, 3.05) is 44.2 Å². The Hall–Kier alpha value is -1.99. The second kappa shape index (κ2) is 9.34. The number of aromatic nitrogens is 1. The van der Waals surface area contributed by atoms with Crippen LogP contribution in [0.15, 0.2) is 24.3 Å². The molecular formula is C26H36N4O2S. The lowest BCUT2D eigenvalue weighted by atomic mass is 9.77. The van der Waals surface area contributed by atoms with E-state index in [9.17, 15) is 9.59 Å². The van der Waals surface area contributed by atoms with Gasteiger partial charge in [-0.05, 0) is 53.8 Å². The molecule has 6 nitrogen and oxygen atoms in total. The minimum Gasteiger partial charge on any atom is -0.353 e. The number of piperazine rings is 1. The molecular weight excluding hydrogens is 432 g/mol. The van der Waals surface area contributed by atoms with Gasteiger partial charge in [0.15, 0.2) is 0 Å². The van der Waals surface area contributed by atoms with Gasteiger partial charge in [-0.1, -0.05) is 38.8 Å². The molecule has 0 bridgehead atoms. The molecule has 33 heavy (non-hydrogen) atoms. The number of carbonyl (C=O) groups excluding carboxylic acids is 2. The summed E-state index contributed by atoms with van der Waals surface area (Å²) in [6.07, 6.45) is 5.81. The first-order valence-corrected chi connectivity index (χ1v) is 13.3. The van der Waals surface area contributed by atoms with Crippen LogP contribution in [0.4, 0.5) is 5.82 Å². The van der Waals surface area contributed by atoms with Crippen molar-refractivity contribution in [1.29, 1.82) is 0 Å². The zero-order valence-corrected chi connectivity index (χ0v) is 20.8. The number of carbonyl (C=O) groups is 2. The average molecular weight is 469 g/mol. The quantitative estimate of drug-likeness (QED) is 0.609. The lowest BCUT2D eigenvalue weighted by molar-refractivity contribution is -0.153. The Bertz CT molecular complexity index is 991. The maximum atomic E-state index is 12.7. The minimum atomic E-state index is -0.195. The van der Waals surface area contributed by atoms with Crippen LogP contribution in [-0.2, 0) is 9.59 Å². The van der Waals surface area contributed by atoms with Crippen LogP contribution in [0, 0.1) is 17.3 Å². The van der Waals surface area contributed by atoms with Crippen LogP contribution in [0.1, 0.15) is 52.4 Å². The second-order valence-electron chi connectivity index (χ2n) is 11.0.